The molecule has 0 atom stereocenters. The van der Waals surface area contributed by atoms with Gasteiger partial charge in [0, 0.05) is 18.0 Å². The van der Waals surface area contributed by atoms with Crippen LogP contribution in [0.3, 0.4) is 0 Å². The maximum absolute atomic E-state index is 13.0. The van der Waals surface area contributed by atoms with Crippen LogP contribution in [0.25, 0.3) is 0 Å². The molecule has 8 nitrogen and oxygen atoms in total. The molecule has 0 bridgehead atoms. The molecule has 0 aliphatic carbocycles. The topological polar surface area (TPSA) is 88.5 Å². The lowest BCUT2D eigenvalue weighted by Gasteiger charge is -2.25. The molecule has 2 N–H and O–H groups in total. The van der Waals surface area contributed by atoms with Gasteiger partial charge in [0.05, 0.1) is 24.0 Å². The Balaban J connectivity index is 2.20. The Kier molecular flexibility index (Phi) is 8.52. The van der Waals surface area contributed by atoms with Gasteiger partial charge >= 0.3 is 6.03 Å². The molecular formula is C25H39N5O3. The lowest BCUT2D eigenvalue weighted by atomic mass is 9.92. The quantitative estimate of drug-likeness (QED) is 0.569. The van der Waals surface area contributed by atoms with Gasteiger partial charge in [-0.2, -0.15) is 5.10 Å². The molecule has 0 aliphatic rings. The Hall–Kier alpha value is -3.03. The summed E-state index contributed by atoms with van der Waals surface area (Å²) < 4.78 is 7.15. The molecule has 1 aromatic heterocycles. The molecule has 0 radical (unpaired) electrons. The van der Waals surface area contributed by atoms with E-state index >= 15 is 0 Å². The zero-order valence-electron chi connectivity index (χ0n) is 21.3. The van der Waals surface area contributed by atoms with E-state index in [2.05, 4.69) is 31.4 Å². The van der Waals surface area contributed by atoms with Gasteiger partial charge in [-0.1, -0.05) is 46.2 Å². The highest BCUT2D eigenvalue weighted by Crippen LogP contribution is 2.28. The van der Waals surface area contributed by atoms with Gasteiger partial charge in [0.2, 0.25) is 5.91 Å². The molecule has 8 heteroatoms. The number of nitrogens with one attached hydrogen (secondary N) is 2. The highest BCUT2D eigenvalue weighted by Gasteiger charge is 2.26. The van der Waals surface area contributed by atoms with Gasteiger partial charge < -0.3 is 20.3 Å². The minimum Gasteiger partial charge on any atom is -0.495 e. The zero-order chi connectivity index (χ0) is 24.8. The first-order chi connectivity index (χ1) is 15.4. The molecular weight excluding hydrogens is 418 g/mol. The summed E-state index contributed by atoms with van der Waals surface area (Å²) in [6.45, 7) is 14.8. The molecule has 3 amide bonds. The number of rotatable bonds is 8. The molecule has 1 heterocycles. The maximum Gasteiger partial charge on any atom is 0.322 e. The van der Waals surface area contributed by atoms with Gasteiger partial charge in [0.1, 0.15) is 18.1 Å². The number of benzene rings is 1. The average molecular weight is 458 g/mol. The summed E-state index contributed by atoms with van der Waals surface area (Å²) in [6.07, 6.45) is 1.70. The summed E-state index contributed by atoms with van der Waals surface area (Å²) in [4.78, 5) is 27.5. The van der Waals surface area contributed by atoms with Crippen molar-refractivity contribution in [2.24, 2.45) is 0 Å². The fourth-order valence-electron chi connectivity index (χ4n) is 3.25. The van der Waals surface area contributed by atoms with Gasteiger partial charge in [0.25, 0.3) is 0 Å². The van der Waals surface area contributed by atoms with E-state index in [1.807, 2.05) is 50.6 Å². The number of nitrogens with zero attached hydrogens (tertiary/aromatic N) is 3. The summed E-state index contributed by atoms with van der Waals surface area (Å²) in [6, 6.07) is 8.77. The third-order valence-electron chi connectivity index (χ3n) is 5.13. The molecule has 0 aliphatic heterocycles. The highest BCUT2D eigenvalue weighted by atomic mass is 16.5. The minimum atomic E-state index is -0.345. The number of methoxy groups -OCH3 is 1. The molecule has 0 unspecified atom stereocenters. The number of amides is 3. The maximum atomic E-state index is 13.0. The van der Waals surface area contributed by atoms with Crippen LogP contribution in [0.5, 0.6) is 5.75 Å². The van der Waals surface area contributed by atoms with Gasteiger partial charge in [-0.05, 0) is 39.3 Å². The fourth-order valence-corrected chi connectivity index (χ4v) is 3.25. The minimum absolute atomic E-state index is 0.0683. The van der Waals surface area contributed by atoms with Gasteiger partial charge in [-0.25, -0.2) is 9.48 Å². The lowest BCUT2D eigenvalue weighted by Crippen LogP contribution is -2.41. The van der Waals surface area contributed by atoms with Crippen molar-refractivity contribution in [1.82, 2.24) is 14.7 Å². The van der Waals surface area contributed by atoms with Crippen molar-refractivity contribution in [3.05, 3.63) is 36.0 Å². The van der Waals surface area contributed by atoms with Crippen LogP contribution in [0.1, 0.15) is 67.0 Å². The van der Waals surface area contributed by atoms with Crippen LogP contribution in [-0.2, 0) is 15.7 Å². The Morgan fingerprint density at radius 1 is 1.09 bits per heavy atom. The van der Waals surface area contributed by atoms with Crippen LogP contribution in [0, 0.1) is 0 Å². The number of hydrogen-bond acceptors (Lipinski definition) is 4. The SMILES string of the molecule is CCCCN(CC(=O)Nc1cc(C(C)(C)C)nn1C(C)(C)C)C(=O)Nc1ccccc1OC. The van der Waals surface area contributed by atoms with Crippen molar-refractivity contribution in [1.29, 1.82) is 0 Å². The first-order valence-corrected chi connectivity index (χ1v) is 11.5. The predicted molar refractivity (Wildman–Crippen MR) is 133 cm³/mol. The number of unbranched alkanes of at least 4 members (excludes halogenated alkanes) is 1. The van der Waals surface area contributed by atoms with Crippen LogP contribution < -0.4 is 15.4 Å². The van der Waals surface area contributed by atoms with E-state index in [1.165, 1.54) is 4.90 Å². The van der Waals surface area contributed by atoms with Crippen molar-refractivity contribution in [3.63, 3.8) is 0 Å². The van der Waals surface area contributed by atoms with Crippen molar-refractivity contribution >= 4 is 23.4 Å². The average Bonchev–Trinajstić information content (AvgIpc) is 3.16. The van der Waals surface area contributed by atoms with E-state index in [1.54, 1.807) is 19.2 Å². The third-order valence-corrected chi connectivity index (χ3v) is 5.13. The number of para-hydroxylation sites is 2. The number of anilines is 2. The molecule has 182 valence electrons. The number of hydrogen-bond donors (Lipinski definition) is 2. The molecule has 2 aromatic rings. The summed E-state index contributed by atoms with van der Waals surface area (Å²) >= 11 is 0. The van der Waals surface area contributed by atoms with Crippen molar-refractivity contribution in [2.75, 3.05) is 30.8 Å². The summed E-state index contributed by atoms with van der Waals surface area (Å²) in [5.41, 5.74) is 0.990. The molecule has 0 saturated heterocycles. The Bertz CT molecular complexity index is 954. The fraction of sp³-hybridized carbons (Fsp3) is 0.560. The van der Waals surface area contributed by atoms with E-state index in [0.29, 0.717) is 23.8 Å². The first-order valence-electron chi connectivity index (χ1n) is 11.5. The smallest absolute Gasteiger partial charge is 0.322 e. The molecule has 33 heavy (non-hydrogen) atoms. The summed E-state index contributed by atoms with van der Waals surface area (Å²) in [5.74, 6) is 0.916. The van der Waals surface area contributed by atoms with E-state index in [0.717, 1.165) is 18.5 Å². The lowest BCUT2D eigenvalue weighted by molar-refractivity contribution is -0.116. The Morgan fingerprint density at radius 3 is 2.33 bits per heavy atom. The number of aromatic nitrogens is 2. The number of urea groups is 1. The highest BCUT2D eigenvalue weighted by molar-refractivity contribution is 5.97. The third kappa shape index (κ3) is 7.23. The van der Waals surface area contributed by atoms with Crippen molar-refractivity contribution in [2.45, 2.75) is 72.3 Å². The summed E-state index contributed by atoms with van der Waals surface area (Å²) in [5, 5.41) is 10.6. The Labute approximate surface area is 197 Å². The monoisotopic (exact) mass is 457 g/mol. The van der Waals surface area contributed by atoms with Crippen LogP contribution in [0.2, 0.25) is 0 Å². The molecule has 1 aromatic carbocycles. The van der Waals surface area contributed by atoms with Gasteiger partial charge in [0.15, 0.2) is 0 Å². The second-order valence-electron chi connectivity index (χ2n) is 10.2. The van der Waals surface area contributed by atoms with E-state index in [4.69, 9.17) is 9.84 Å². The zero-order valence-corrected chi connectivity index (χ0v) is 21.3. The second-order valence-corrected chi connectivity index (χ2v) is 10.2. The Morgan fingerprint density at radius 2 is 1.76 bits per heavy atom. The largest absolute Gasteiger partial charge is 0.495 e. The van der Waals surface area contributed by atoms with E-state index < -0.39 is 0 Å². The predicted octanol–water partition coefficient (Wildman–Crippen LogP) is 5.22. The van der Waals surface area contributed by atoms with Crippen molar-refractivity contribution < 1.29 is 14.3 Å². The standard InChI is InChI=1S/C25H39N5O3/c1-9-10-15-29(23(32)26-18-13-11-12-14-19(18)33-8)17-22(31)27-21-16-20(24(2,3)4)28-30(21)25(5,6)7/h11-14,16H,9-10,15,17H2,1-8H3,(H,26,32)(H,27,31). The molecule has 0 fully saturated rings. The van der Waals surface area contributed by atoms with E-state index in [-0.39, 0.29) is 29.4 Å². The molecule has 2 rings (SSSR count). The molecule has 0 saturated carbocycles. The first kappa shape index (κ1) is 26.2. The summed E-state index contributed by atoms with van der Waals surface area (Å²) in [7, 11) is 1.55. The van der Waals surface area contributed by atoms with Crippen LogP contribution >= 0.6 is 0 Å². The van der Waals surface area contributed by atoms with Gasteiger partial charge in [-0.15, -0.1) is 0 Å². The number of ether oxygens (including phenoxy) is 1. The number of carbonyl (C=O) groups is 2. The normalized spacial score (nSPS) is 11.8. The van der Waals surface area contributed by atoms with Crippen LogP contribution in [-0.4, -0.2) is 46.8 Å². The molecule has 0 spiro atoms. The second kappa shape index (κ2) is 10.7. The van der Waals surface area contributed by atoms with Crippen LogP contribution in [0.15, 0.2) is 30.3 Å². The van der Waals surface area contributed by atoms with Gasteiger partial charge in [-0.3, -0.25) is 4.79 Å². The van der Waals surface area contributed by atoms with Crippen molar-refractivity contribution in [3.8, 4) is 5.75 Å². The van der Waals surface area contributed by atoms with Crippen LogP contribution in [0.4, 0.5) is 16.3 Å². The number of carbonyl (C=O) groups excluding carboxylic acids is 2. The van der Waals surface area contributed by atoms with E-state index in [9.17, 15) is 9.59 Å².